The number of likely N-dealkylation sites (tertiary alicyclic amines) is 2. The molecular formula is C25H32N4O. The van der Waals surface area contributed by atoms with Crippen LogP contribution < -0.4 is 4.90 Å². The fourth-order valence-electron chi connectivity index (χ4n) is 5.57. The molecule has 3 aliphatic heterocycles. The number of piperidine rings is 1. The van der Waals surface area contributed by atoms with Crippen LogP contribution in [0, 0.1) is 5.41 Å². The maximum atomic E-state index is 13.4. The fourth-order valence-corrected chi connectivity index (χ4v) is 5.57. The molecule has 0 radical (unpaired) electrons. The number of hydrogen-bond donors (Lipinski definition) is 0. The van der Waals surface area contributed by atoms with Gasteiger partial charge in [0.2, 0.25) is 0 Å². The second-order valence-corrected chi connectivity index (χ2v) is 10.1. The van der Waals surface area contributed by atoms with E-state index < -0.39 is 0 Å². The van der Waals surface area contributed by atoms with E-state index in [-0.39, 0.29) is 11.4 Å². The molecule has 0 saturated carbocycles. The monoisotopic (exact) mass is 404 g/mol. The Bertz CT molecular complexity index is 918. The van der Waals surface area contributed by atoms with Gasteiger partial charge in [0.25, 0.3) is 0 Å². The van der Waals surface area contributed by atoms with Crippen LogP contribution in [0.25, 0.3) is 0 Å². The molecule has 1 spiro atoms. The summed E-state index contributed by atoms with van der Waals surface area (Å²) in [4.78, 5) is 24.7. The summed E-state index contributed by atoms with van der Waals surface area (Å²) in [6.07, 6.45) is 5.35. The standard InChI is InChI=1S/C25H32N4O/c1-24(2)18-29(21-9-6-13-26-22(21)24)23(30)28-16-12-25(19-28)10-14-27(15-11-25)17-20-7-4-3-5-8-20/h3-9,13H,10-12,14-19H2,1-2H3. The molecule has 1 aromatic heterocycles. The number of benzene rings is 1. The Morgan fingerprint density at radius 1 is 0.967 bits per heavy atom. The van der Waals surface area contributed by atoms with Crippen molar-refractivity contribution in [1.29, 1.82) is 0 Å². The van der Waals surface area contributed by atoms with Gasteiger partial charge in [-0.15, -0.1) is 0 Å². The van der Waals surface area contributed by atoms with E-state index in [4.69, 9.17) is 0 Å². The molecule has 5 rings (SSSR count). The Morgan fingerprint density at radius 2 is 1.70 bits per heavy atom. The van der Waals surface area contributed by atoms with Crippen LogP contribution in [0.5, 0.6) is 0 Å². The predicted molar refractivity (Wildman–Crippen MR) is 120 cm³/mol. The minimum absolute atomic E-state index is 0.0908. The van der Waals surface area contributed by atoms with Crippen molar-refractivity contribution in [2.24, 2.45) is 5.41 Å². The van der Waals surface area contributed by atoms with Crippen LogP contribution in [0.2, 0.25) is 0 Å². The highest BCUT2D eigenvalue weighted by Gasteiger charge is 2.46. The zero-order valence-electron chi connectivity index (χ0n) is 18.2. The highest BCUT2D eigenvalue weighted by molar-refractivity contribution is 5.94. The molecule has 0 aliphatic carbocycles. The molecule has 0 bridgehead atoms. The van der Waals surface area contributed by atoms with Gasteiger partial charge in [-0.05, 0) is 55.5 Å². The van der Waals surface area contributed by atoms with E-state index in [0.717, 1.165) is 50.5 Å². The molecule has 0 N–H and O–H groups in total. The van der Waals surface area contributed by atoms with Gasteiger partial charge in [0.1, 0.15) is 0 Å². The van der Waals surface area contributed by atoms with Crippen molar-refractivity contribution >= 4 is 11.7 Å². The largest absolute Gasteiger partial charge is 0.324 e. The normalized spacial score (nSPS) is 22.5. The second-order valence-electron chi connectivity index (χ2n) is 10.1. The van der Waals surface area contributed by atoms with Crippen LogP contribution in [0.1, 0.15) is 44.4 Å². The number of aromatic nitrogens is 1. The molecule has 0 unspecified atom stereocenters. The first-order valence-electron chi connectivity index (χ1n) is 11.2. The minimum Gasteiger partial charge on any atom is -0.324 e. The zero-order chi connectivity index (χ0) is 20.8. The number of urea groups is 1. The number of nitrogens with zero attached hydrogens (tertiary/aromatic N) is 4. The molecule has 0 atom stereocenters. The quantitative estimate of drug-likeness (QED) is 0.750. The van der Waals surface area contributed by atoms with E-state index in [2.05, 4.69) is 59.0 Å². The van der Waals surface area contributed by atoms with E-state index in [1.54, 1.807) is 0 Å². The molecule has 5 heteroatoms. The van der Waals surface area contributed by atoms with Crippen molar-refractivity contribution < 1.29 is 4.79 Å². The van der Waals surface area contributed by atoms with Gasteiger partial charge in [-0.2, -0.15) is 0 Å². The third-order valence-corrected chi connectivity index (χ3v) is 7.38. The molecule has 2 fully saturated rings. The van der Waals surface area contributed by atoms with Crippen LogP contribution in [0.3, 0.4) is 0 Å². The SMILES string of the molecule is CC1(C)CN(C(=O)N2CCC3(CCN(Cc4ccccc4)CC3)C2)c2cccnc21. The van der Waals surface area contributed by atoms with Gasteiger partial charge >= 0.3 is 6.03 Å². The van der Waals surface area contributed by atoms with Crippen LogP contribution in [0.4, 0.5) is 10.5 Å². The first-order chi connectivity index (χ1) is 14.5. The van der Waals surface area contributed by atoms with Crippen molar-refractivity contribution in [1.82, 2.24) is 14.8 Å². The molecule has 1 aromatic carbocycles. The van der Waals surface area contributed by atoms with Crippen LogP contribution in [-0.2, 0) is 12.0 Å². The summed E-state index contributed by atoms with van der Waals surface area (Å²) in [5.74, 6) is 0. The Hall–Kier alpha value is -2.40. The van der Waals surface area contributed by atoms with Crippen molar-refractivity contribution in [3.63, 3.8) is 0 Å². The fraction of sp³-hybridized carbons (Fsp3) is 0.520. The summed E-state index contributed by atoms with van der Waals surface area (Å²) in [5.41, 5.74) is 3.63. The smallest absolute Gasteiger partial charge is 0.324 e. The molecule has 2 aromatic rings. The van der Waals surface area contributed by atoms with Crippen LogP contribution in [-0.4, -0.2) is 53.5 Å². The number of pyridine rings is 1. The topological polar surface area (TPSA) is 39.7 Å². The summed E-state index contributed by atoms with van der Waals surface area (Å²) < 4.78 is 0. The van der Waals surface area contributed by atoms with Crippen LogP contribution in [0.15, 0.2) is 48.7 Å². The van der Waals surface area contributed by atoms with Gasteiger partial charge in [0.15, 0.2) is 0 Å². The Kier molecular flexibility index (Phi) is 4.81. The maximum Gasteiger partial charge on any atom is 0.324 e. The molecular weight excluding hydrogens is 372 g/mol. The van der Waals surface area contributed by atoms with E-state index in [0.29, 0.717) is 12.0 Å². The van der Waals surface area contributed by atoms with Crippen molar-refractivity contribution in [3.05, 3.63) is 59.9 Å². The summed E-state index contributed by atoms with van der Waals surface area (Å²) >= 11 is 0. The first kappa shape index (κ1) is 19.6. The van der Waals surface area contributed by atoms with Crippen molar-refractivity contribution in [3.8, 4) is 0 Å². The molecule has 2 amide bonds. The van der Waals surface area contributed by atoms with E-state index >= 15 is 0 Å². The summed E-state index contributed by atoms with van der Waals surface area (Å²) in [6, 6.07) is 14.9. The van der Waals surface area contributed by atoms with Crippen molar-refractivity contribution in [2.45, 2.75) is 45.1 Å². The van der Waals surface area contributed by atoms with Gasteiger partial charge in [0, 0.05) is 37.8 Å². The Balaban J connectivity index is 1.22. The summed E-state index contributed by atoms with van der Waals surface area (Å²) in [6.45, 7) is 10.1. The van der Waals surface area contributed by atoms with E-state index in [9.17, 15) is 4.79 Å². The van der Waals surface area contributed by atoms with Gasteiger partial charge in [-0.25, -0.2) is 4.79 Å². The lowest BCUT2D eigenvalue weighted by Gasteiger charge is -2.39. The average molecular weight is 405 g/mol. The third kappa shape index (κ3) is 3.49. The number of anilines is 1. The van der Waals surface area contributed by atoms with Crippen LogP contribution >= 0.6 is 0 Å². The van der Waals surface area contributed by atoms with Gasteiger partial charge in [-0.1, -0.05) is 44.2 Å². The highest BCUT2D eigenvalue weighted by atomic mass is 16.2. The van der Waals surface area contributed by atoms with Gasteiger partial charge in [-0.3, -0.25) is 14.8 Å². The maximum absolute atomic E-state index is 13.4. The Labute approximate surface area is 179 Å². The molecule has 5 nitrogen and oxygen atoms in total. The van der Waals surface area contributed by atoms with Gasteiger partial charge in [0.05, 0.1) is 11.4 Å². The van der Waals surface area contributed by atoms with Crippen molar-refractivity contribution in [2.75, 3.05) is 37.6 Å². The molecule has 158 valence electrons. The number of rotatable bonds is 2. The number of fused-ring (bicyclic) bond motifs is 1. The molecule has 3 aliphatic rings. The lowest BCUT2D eigenvalue weighted by molar-refractivity contribution is 0.105. The molecule has 2 saturated heterocycles. The first-order valence-corrected chi connectivity index (χ1v) is 11.2. The predicted octanol–water partition coefficient (Wildman–Crippen LogP) is 4.29. The minimum atomic E-state index is -0.0908. The van der Waals surface area contributed by atoms with E-state index in [1.807, 2.05) is 23.2 Å². The number of amides is 2. The third-order valence-electron chi connectivity index (χ3n) is 7.38. The second kappa shape index (κ2) is 7.38. The number of carbonyl (C=O) groups excluding carboxylic acids is 1. The number of carbonyl (C=O) groups is 1. The zero-order valence-corrected chi connectivity index (χ0v) is 18.2. The Morgan fingerprint density at radius 3 is 2.47 bits per heavy atom. The molecule has 4 heterocycles. The lowest BCUT2D eigenvalue weighted by atomic mass is 9.77. The van der Waals surface area contributed by atoms with E-state index in [1.165, 1.54) is 18.4 Å². The summed E-state index contributed by atoms with van der Waals surface area (Å²) in [7, 11) is 0. The summed E-state index contributed by atoms with van der Waals surface area (Å²) in [5, 5.41) is 0. The molecule has 30 heavy (non-hydrogen) atoms. The number of hydrogen-bond acceptors (Lipinski definition) is 3. The average Bonchev–Trinajstić information content (AvgIpc) is 3.29. The van der Waals surface area contributed by atoms with Gasteiger partial charge < -0.3 is 4.90 Å². The highest BCUT2D eigenvalue weighted by Crippen LogP contribution is 2.43. The lowest BCUT2D eigenvalue weighted by Crippen LogP contribution is -2.46.